The molecular formula is C17H14N2O2. The number of oxazole rings is 1. The number of fused-ring (bicyclic) bond motifs is 1. The number of ether oxygens (including phenoxy) is 1. The van der Waals surface area contributed by atoms with Crippen LogP contribution in [0.3, 0.4) is 0 Å². The molecule has 0 aliphatic carbocycles. The van der Waals surface area contributed by atoms with Gasteiger partial charge in [-0.25, -0.2) is 4.98 Å². The van der Waals surface area contributed by atoms with E-state index in [9.17, 15) is 0 Å². The summed E-state index contributed by atoms with van der Waals surface area (Å²) in [7, 11) is 0. The summed E-state index contributed by atoms with van der Waals surface area (Å²) in [6.45, 7) is 2.35. The highest BCUT2D eigenvalue weighted by Crippen LogP contribution is 2.23. The maximum atomic E-state index is 9.06. The second-order valence-corrected chi connectivity index (χ2v) is 4.65. The monoisotopic (exact) mass is 278 g/mol. The first kappa shape index (κ1) is 13.2. The zero-order valence-corrected chi connectivity index (χ0v) is 11.7. The summed E-state index contributed by atoms with van der Waals surface area (Å²) in [4.78, 5) is 4.35. The molecule has 0 spiro atoms. The molecule has 104 valence electrons. The van der Waals surface area contributed by atoms with E-state index in [4.69, 9.17) is 14.4 Å². The van der Waals surface area contributed by atoms with Gasteiger partial charge in [-0.3, -0.25) is 0 Å². The van der Waals surface area contributed by atoms with E-state index in [2.05, 4.69) is 11.1 Å². The summed E-state index contributed by atoms with van der Waals surface area (Å²) in [5.41, 5.74) is 3.05. The van der Waals surface area contributed by atoms with Crippen LogP contribution >= 0.6 is 0 Å². The van der Waals surface area contributed by atoms with E-state index in [-0.39, 0.29) is 0 Å². The predicted molar refractivity (Wildman–Crippen MR) is 78.9 cm³/mol. The molecule has 1 aromatic heterocycles. The highest BCUT2D eigenvalue weighted by atomic mass is 16.5. The molecule has 0 amide bonds. The normalized spacial score (nSPS) is 10.5. The highest BCUT2D eigenvalue weighted by molar-refractivity contribution is 5.74. The van der Waals surface area contributed by atoms with Gasteiger partial charge in [0.15, 0.2) is 11.5 Å². The van der Waals surface area contributed by atoms with Crippen LogP contribution in [-0.4, -0.2) is 4.98 Å². The van der Waals surface area contributed by atoms with Crippen LogP contribution in [0.5, 0.6) is 5.75 Å². The largest absolute Gasteiger partial charge is 0.489 e. The van der Waals surface area contributed by atoms with E-state index in [1.807, 2.05) is 43.3 Å². The minimum Gasteiger partial charge on any atom is -0.489 e. The Labute approximate surface area is 122 Å². The Kier molecular flexibility index (Phi) is 3.57. The summed E-state index contributed by atoms with van der Waals surface area (Å²) >= 11 is 0. The SMILES string of the molecule is CCc1nc2ccc(OCc3ccccc3C#N)cc2o1. The number of benzene rings is 2. The van der Waals surface area contributed by atoms with Crippen LogP contribution < -0.4 is 4.74 Å². The molecule has 0 saturated heterocycles. The number of nitriles is 1. The average Bonchev–Trinajstić information content (AvgIpc) is 2.95. The van der Waals surface area contributed by atoms with Crippen molar-refractivity contribution in [2.24, 2.45) is 0 Å². The fourth-order valence-corrected chi connectivity index (χ4v) is 2.11. The standard InChI is InChI=1S/C17H14N2O2/c1-2-17-19-15-8-7-14(9-16(15)21-17)20-11-13-6-4-3-5-12(13)10-18/h3-9H,2,11H2,1H3. The zero-order chi connectivity index (χ0) is 14.7. The Hall–Kier alpha value is -2.80. The molecule has 3 aromatic rings. The molecule has 0 aliphatic heterocycles. The third-order valence-electron chi connectivity index (χ3n) is 3.24. The maximum Gasteiger partial charge on any atom is 0.195 e. The Balaban J connectivity index is 1.80. The van der Waals surface area contributed by atoms with Gasteiger partial charge in [0, 0.05) is 18.1 Å². The molecule has 3 rings (SSSR count). The molecule has 2 aromatic carbocycles. The van der Waals surface area contributed by atoms with Gasteiger partial charge in [-0.15, -0.1) is 0 Å². The van der Waals surface area contributed by atoms with Gasteiger partial charge in [0.05, 0.1) is 11.6 Å². The van der Waals surface area contributed by atoms with Crippen LogP contribution in [0.1, 0.15) is 23.9 Å². The molecule has 0 N–H and O–H groups in total. The molecule has 0 saturated carbocycles. The molecule has 0 unspecified atom stereocenters. The molecule has 4 heteroatoms. The van der Waals surface area contributed by atoms with Crippen molar-refractivity contribution in [3.05, 3.63) is 59.5 Å². The topological polar surface area (TPSA) is 59.0 Å². The minimum atomic E-state index is 0.351. The van der Waals surface area contributed by atoms with Crippen LogP contribution in [0.15, 0.2) is 46.9 Å². The van der Waals surface area contributed by atoms with Gasteiger partial charge in [0.25, 0.3) is 0 Å². The molecule has 1 heterocycles. The van der Waals surface area contributed by atoms with E-state index in [0.29, 0.717) is 17.9 Å². The lowest BCUT2D eigenvalue weighted by molar-refractivity contribution is 0.306. The van der Waals surface area contributed by atoms with Crippen LogP contribution in [0.4, 0.5) is 0 Å². The van der Waals surface area contributed by atoms with Gasteiger partial charge in [0.1, 0.15) is 17.9 Å². The smallest absolute Gasteiger partial charge is 0.195 e. The van der Waals surface area contributed by atoms with Crippen molar-refractivity contribution in [3.63, 3.8) is 0 Å². The zero-order valence-electron chi connectivity index (χ0n) is 11.7. The number of aryl methyl sites for hydroxylation is 1. The number of hydrogen-bond donors (Lipinski definition) is 0. The van der Waals surface area contributed by atoms with Gasteiger partial charge >= 0.3 is 0 Å². The number of hydrogen-bond acceptors (Lipinski definition) is 4. The lowest BCUT2D eigenvalue weighted by Gasteiger charge is -2.07. The van der Waals surface area contributed by atoms with Gasteiger partial charge < -0.3 is 9.15 Å². The number of nitrogens with zero attached hydrogens (tertiary/aromatic N) is 2. The molecule has 0 radical (unpaired) electrons. The summed E-state index contributed by atoms with van der Waals surface area (Å²) in [6, 6.07) is 15.1. The molecule has 21 heavy (non-hydrogen) atoms. The minimum absolute atomic E-state index is 0.351. The third kappa shape index (κ3) is 2.72. The van der Waals surface area contributed by atoms with Crippen molar-refractivity contribution in [2.75, 3.05) is 0 Å². The summed E-state index contributed by atoms with van der Waals surface area (Å²) in [6.07, 6.45) is 0.764. The van der Waals surface area contributed by atoms with Crippen molar-refractivity contribution in [1.29, 1.82) is 5.26 Å². The van der Waals surface area contributed by atoms with Crippen LogP contribution in [0.25, 0.3) is 11.1 Å². The predicted octanol–water partition coefficient (Wildman–Crippen LogP) is 3.84. The second kappa shape index (κ2) is 5.68. The first-order chi connectivity index (χ1) is 10.3. The van der Waals surface area contributed by atoms with E-state index in [1.165, 1.54) is 0 Å². The van der Waals surface area contributed by atoms with Crippen LogP contribution in [0.2, 0.25) is 0 Å². The van der Waals surface area contributed by atoms with Gasteiger partial charge in [-0.1, -0.05) is 25.1 Å². The van der Waals surface area contributed by atoms with Crippen LogP contribution in [-0.2, 0) is 13.0 Å². The maximum absolute atomic E-state index is 9.06. The summed E-state index contributed by atoms with van der Waals surface area (Å²) in [5, 5.41) is 9.06. The van der Waals surface area contributed by atoms with Gasteiger partial charge in [-0.05, 0) is 18.2 Å². The molecule has 0 fully saturated rings. The van der Waals surface area contributed by atoms with Crippen molar-refractivity contribution < 1.29 is 9.15 Å². The van der Waals surface area contributed by atoms with Crippen LogP contribution in [0, 0.1) is 11.3 Å². The molecule has 0 aliphatic rings. The van der Waals surface area contributed by atoms with Crippen molar-refractivity contribution in [1.82, 2.24) is 4.98 Å². The fraction of sp³-hybridized carbons (Fsp3) is 0.176. The van der Waals surface area contributed by atoms with Crippen molar-refractivity contribution in [2.45, 2.75) is 20.0 Å². The third-order valence-corrected chi connectivity index (χ3v) is 3.24. The second-order valence-electron chi connectivity index (χ2n) is 4.65. The van der Waals surface area contributed by atoms with Crippen molar-refractivity contribution >= 4 is 11.1 Å². The van der Waals surface area contributed by atoms with Gasteiger partial charge in [-0.2, -0.15) is 5.26 Å². The van der Waals surface area contributed by atoms with E-state index >= 15 is 0 Å². The van der Waals surface area contributed by atoms with E-state index < -0.39 is 0 Å². The molecule has 0 atom stereocenters. The van der Waals surface area contributed by atoms with E-state index in [0.717, 1.165) is 29.0 Å². The summed E-state index contributed by atoms with van der Waals surface area (Å²) in [5.74, 6) is 1.42. The molecule has 4 nitrogen and oxygen atoms in total. The summed E-state index contributed by atoms with van der Waals surface area (Å²) < 4.78 is 11.4. The lowest BCUT2D eigenvalue weighted by Crippen LogP contribution is -1.97. The van der Waals surface area contributed by atoms with E-state index in [1.54, 1.807) is 6.07 Å². The quantitative estimate of drug-likeness (QED) is 0.727. The Morgan fingerprint density at radius 3 is 2.90 bits per heavy atom. The molecular weight excluding hydrogens is 264 g/mol. The van der Waals surface area contributed by atoms with Crippen molar-refractivity contribution in [3.8, 4) is 11.8 Å². The fourth-order valence-electron chi connectivity index (χ4n) is 2.11. The first-order valence-corrected chi connectivity index (χ1v) is 6.80. The Bertz CT molecular complexity index is 815. The first-order valence-electron chi connectivity index (χ1n) is 6.80. The van der Waals surface area contributed by atoms with Gasteiger partial charge in [0.2, 0.25) is 0 Å². The highest BCUT2D eigenvalue weighted by Gasteiger charge is 2.06. The number of rotatable bonds is 4. The number of aromatic nitrogens is 1. The Morgan fingerprint density at radius 2 is 2.10 bits per heavy atom. The average molecular weight is 278 g/mol. The Morgan fingerprint density at radius 1 is 1.24 bits per heavy atom. The lowest BCUT2D eigenvalue weighted by atomic mass is 10.1. The molecule has 0 bridgehead atoms.